The summed E-state index contributed by atoms with van der Waals surface area (Å²) in [4.78, 5) is 27.4. The Labute approximate surface area is 128 Å². The molecule has 1 fully saturated rings. The average molecular weight is 298 g/mol. The zero-order valence-electron chi connectivity index (χ0n) is 12.5. The molecule has 1 amide bonds. The Hall–Kier alpha value is -2.62. The lowest BCUT2D eigenvalue weighted by molar-refractivity contribution is -0.129. The maximum atomic E-state index is 11.8. The fraction of sp³-hybridized carbons (Fsp3) is 0.467. The van der Waals surface area contributed by atoms with E-state index in [1.807, 2.05) is 18.3 Å². The SMILES string of the molecule is CN(C[C@H]1CCCN1c1ncnc2[nH]ccc12)C(=O)CC#N. The van der Waals surface area contributed by atoms with Crippen molar-refractivity contribution in [1.29, 1.82) is 5.26 Å². The number of nitrogens with zero attached hydrogens (tertiary/aromatic N) is 5. The summed E-state index contributed by atoms with van der Waals surface area (Å²) in [6, 6.07) is 4.11. The van der Waals surface area contributed by atoms with Crippen LogP contribution in [-0.4, -0.2) is 51.9 Å². The summed E-state index contributed by atoms with van der Waals surface area (Å²) in [6.07, 6.45) is 5.43. The van der Waals surface area contributed by atoms with E-state index in [1.165, 1.54) is 0 Å². The van der Waals surface area contributed by atoms with Gasteiger partial charge in [-0.05, 0) is 18.9 Å². The van der Waals surface area contributed by atoms with Crippen LogP contribution in [-0.2, 0) is 4.79 Å². The molecule has 1 aliphatic rings. The van der Waals surface area contributed by atoms with Crippen LogP contribution in [0.15, 0.2) is 18.6 Å². The third-order valence-electron chi connectivity index (χ3n) is 4.12. The number of hydrogen-bond acceptors (Lipinski definition) is 5. The Morgan fingerprint density at radius 1 is 1.59 bits per heavy atom. The Kier molecular flexibility index (Phi) is 3.92. The molecule has 1 atom stereocenters. The van der Waals surface area contributed by atoms with Crippen molar-refractivity contribution in [2.75, 3.05) is 25.0 Å². The molecule has 3 rings (SSSR count). The zero-order valence-corrected chi connectivity index (χ0v) is 12.5. The number of aromatic nitrogens is 3. The summed E-state index contributed by atoms with van der Waals surface area (Å²) in [5, 5.41) is 9.64. The molecule has 114 valence electrons. The summed E-state index contributed by atoms with van der Waals surface area (Å²) < 4.78 is 0. The second-order valence-electron chi connectivity index (χ2n) is 5.54. The number of nitrogens with one attached hydrogen (secondary N) is 1. The maximum absolute atomic E-state index is 11.8. The van der Waals surface area contributed by atoms with E-state index in [9.17, 15) is 4.79 Å². The van der Waals surface area contributed by atoms with Crippen LogP contribution in [0, 0.1) is 11.3 Å². The number of hydrogen-bond donors (Lipinski definition) is 1. The molecule has 0 radical (unpaired) electrons. The highest BCUT2D eigenvalue weighted by atomic mass is 16.2. The van der Waals surface area contributed by atoms with Gasteiger partial charge in [0.05, 0.1) is 11.5 Å². The Morgan fingerprint density at radius 3 is 3.27 bits per heavy atom. The molecule has 1 N–H and O–H groups in total. The van der Waals surface area contributed by atoms with Crippen molar-refractivity contribution < 1.29 is 4.79 Å². The molecule has 0 spiro atoms. The number of aromatic amines is 1. The number of carbonyl (C=O) groups is 1. The third kappa shape index (κ3) is 2.60. The molecule has 1 saturated heterocycles. The highest BCUT2D eigenvalue weighted by Crippen LogP contribution is 2.29. The number of anilines is 1. The number of nitriles is 1. The highest BCUT2D eigenvalue weighted by Gasteiger charge is 2.29. The first kappa shape index (κ1) is 14.3. The van der Waals surface area contributed by atoms with Crippen molar-refractivity contribution in [3.63, 3.8) is 0 Å². The van der Waals surface area contributed by atoms with Crippen molar-refractivity contribution >= 4 is 22.8 Å². The minimum absolute atomic E-state index is 0.0707. The number of rotatable bonds is 4. The Bertz CT molecular complexity index is 718. The first-order valence-electron chi connectivity index (χ1n) is 7.36. The zero-order chi connectivity index (χ0) is 15.5. The van der Waals surface area contributed by atoms with Crippen molar-refractivity contribution in [1.82, 2.24) is 19.9 Å². The quantitative estimate of drug-likeness (QED) is 0.919. The van der Waals surface area contributed by atoms with Gasteiger partial charge in [-0.1, -0.05) is 0 Å². The van der Waals surface area contributed by atoms with Crippen LogP contribution in [0.5, 0.6) is 0 Å². The van der Waals surface area contributed by atoms with Gasteiger partial charge in [-0.2, -0.15) is 5.26 Å². The first-order valence-corrected chi connectivity index (χ1v) is 7.36. The molecule has 0 aromatic carbocycles. The lowest BCUT2D eigenvalue weighted by Gasteiger charge is -2.29. The molecule has 0 bridgehead atoms. The summed E-state index contributed by atoms with van der Waals surface area (Å²) >= 11 is 0. The molecule has 7 nitrogen and oxygen atoms in total. The van der Waals surface area contributed by atoms with E-state index in [-0.39, 0.29) is 18.4 Å². The summed E-state index contributed by atoms with van der Waals surface area (Å²) in [5.41, 5.74) is 0.824. The van der Waals surface area contributed by atoms with Crippen molar-refractivity contribution in [2.24, 2.45) is 0 Å². The van der Waals surface area contributed by atoms with Crippen LogP contribution in [0.3, 0.4) is 0 Å². The Morgan fingerprint density at radius 2 is 2.45 bits per heavy atom. The fourth-order valence-electron chi connectivity index (χ4n) is 3.01. The Balaban J connectivity index is 1.80. The van der Waals surface area contributed by atoms with Gasteiger partial charge in [-0.25, -0.2) is 9.97 Å². The van der Waals surface area contributed by atoms with E-state index < -0.39 is 0 Å². The van der Waals surface area contributed by atoms with Crippen molar-refractivity contribution in [3.8, 4) is 6.07 Å². The number of carbonyl (C=O) groups excluding carboxylic acids is 1. The number of amides is 1. The predicted octanol–water partition coefficient (Wildman–Crippen LogP) is 1.30. The monoisotopic (exact) mass is 298 g/mol. The summed E-state index contributed by atoms with van der Waals surface area (Å²) in [6.45, 7) is 1.53. The number of H-pyrrole nitrogens is 1. The molecule has 0 saturated carbocycles. The number of fused-ring (bicyclic) bond motifs is 1. The maximum Gasteiger partial charge on any atom is 0.236 e. The van der Waals surface area contributed by atoms with E-state index in [0.717, 1.165) is 36.2 Å². The lowest BCUT2D eigenvalue weighted by Crippen LogP contribution is -2.41. The highest BCUT2D eigenvalue weighted by molar-refractivity contribution is 5.87. The molecule has 2 aromatic heterocycles. The van der Waals surface area contributed by atoms with Crippen LogP contribution < -0.4 is 4.90 Å². The van der Waals surface area contributed by atoms with Crippen molar-refractivity contribution in [2.45, 2.75) is 25.3 Å². The van der Waals surface area contributed by atoms with Gasteiger partial charge >= 0.3 is 0 Å². The van der Waals surface area contributed by atoms with Crippen LogP contribution in [0.4, 0.5) is 5.82 Å². The largest absolute Gasteiger partial charge is 0.351 e. The van der Waals surface area contributed by atoms with Crippen LogP contribution in [0.1, 0.15) is 19.3 Å². The fourth-order valence-corrected chi connectivity index (χ4v) is 3.01. The molecular formula is C15H18N6O. The van der Waals surface area contributed by atoms with Gasteiger partial charge in [0, 0.05) is 32.4 Å². The normalized spacial score (nSPS) is 17.6. The first-order chi connectivity index (χ1) is 10.7. The minimum Gasteiger partial charge on any atom is -0.351 e. The lowest BCUT2D eigenvalue weighted by atomic mass is 10.2. The molecule has 22 heavy (non-hydrogen) atoms. The third-order valence-corrected chi connectivity index (χ3v) is 4.12. The van der Waals surface area contributed by atoms with Gasteiger partial charge in [0.1, 0.15) is 24.2 Å². The molecule has 1 aliphatic heterocycles. The predicted molar refractivity (Wildman–Crippen MR) is 82.1 cm³/mol. The summed E-state index contributed by atoms with van der Waals surface area (Å²) in [5.74, 6) is 0.777. The van der Waals surface area contributed by atoms with Gasteiger partial charge in [0.25, 0.3) is 0 Å². The van der Waals surface area contributed by atoms with Crippen molar-refractivity contribution in [3.05, 3.63) is 18.6 Å². The van der Waals surface area contributed by atoms with Crippen LogP contribution in [0.2, 0.25) is 0 Å². The van der Waals surface area contributed by atoms with E-state index >= 15 is 0 Å². The molecular weight excluding hydrogens is 280 g/mol. The smallest absolute Gasteiger partial charge is 0.236 e. The van der Waals surface area contributed by atoms with Gasteiger partial charge < -0.3 is 14.8 Å². The van der Waals surface area contributed by atoms with Gasteiger partial charge in [-0.3, -0.25) is 4.79 Å². The standard InChI is InChI=1S/C15H18N6O/c1-20(13(22)4-6-16)9-11-3-2-8-21(11)15-12-5-7-17-14(12)18-10-19-15/h5,7,10-11H,2-4,8-9H2,1H3,(H,17,18,19)/t11-/m1/s1. The average Bonchev–Trinajstić information content (AvgIpc) is 3.15. The number of likely N-dealkylation sites (N-methyl/N-ethyl adjacent to an activating group) is 1. The van der Waals surface area contributed by atoms with Crippen LogP contribution in [0.25, 0.3) is 11.0 Å². The van der Waals surface area contributed by atoms with E-state index in [4.69, 9.17) is 5.26 Å². The van der Waals surface area contributed by atoms with E-state index in [0.29, 0.717) is 6.54 Å². The van der Waals surface area contributed by atoms with E-state index in [2.05, 4.69) is 19.9 Å². The van der Waals surface area contributed by atoms with Gasteiger partial charge in [-0.15, -0.1) is 0 Å². The molecule has 3 heterocycles. The molecule has 2 aromatic rings. The second-order valence-corrected chi connectivity index (χ2v) is 5.54. The van der Waals surface area contributed by atoms with E-state index in [1.54, 1.807) is 18.3 Å². The van der Waals surface area contributed by atoms with Crippen LogP contribution >= 0.6 is 0 Å². The molecule has 7 heteroatoms. The van der Waals surface area contributed by atoms with Gasteiger partial charge in [0.15, 0.2) is 0 Å². The molecule has 0 aliphatic carbocycles. The molecule has 0 unspecified atom stereocenters. The second kappa shape index (κ2) is 6.02. The minimum atomic E-state index is -0.135. The van der Waals surface area contributed by atoms with Gasteiger partial charge in [0.2, 0.25) is 5.91 Å². The summed E-state index contributed by atoms with van der Waals surface area (Å²) in [7, 11) is 1.75. The topological polar surface area (TPSA) is 88.9 Å².